The van der Waals surface area contributed by atoms with Crippen molar-refractivity contribution in [2.24, 2.45) is 0 Å². The first-order valence-electron chi connectivity index (χ1n) is 7.68. The number of nitrogens with one attached hydrogen (secondary N) is 2. The monoisotopic (exact) mass is 353 g/mol. The lowest BCUT2D eigenvalue weighted by Crippen LogP contribution is -2.57. The lowest BCUT2D eigenvalue weighted by molar-refractivity contribution is -0.149. The fourth-order valence-electron chi connectivity index (χ4n) is 3.19. The van der Waals surface area contributed by atoms with E-state index < -0.39 is 27.7 Å². The van der Waals surface area contributed by atoms with E-state index >= 15 is 0 Å². The van der Waals surface area contributed by atoms with Crippen molar-refractivity contribution < 1.29 is 23.1 Å². The molecule has 0 aromatic heterocycles. The van der Waals surface area contributed by atoms with Crippen LogP contribution in [0.15, 0.2) is 29.2 Å². The molecule has 9 heteroatoms. The fraction of sp³-hybridized carbons (Fsp3) is 0.467. The summed E-state index contributed by atoms with van der Waals surface area (Å²) < 4.78 is 27.7. The summed E-state index contributed by atoms with van der Waals surface area (Å²) in [5.41, 5.74) is -0.501. The molecule has 1 amide bonds. The number of benzene rings is 1. The number of amides is 1. The van der Waals surface area contributed by atoms with E-state index in [1.54, 1.807) is 18.2 Å². The van der Waals surface area contributed by atoms with E-state index in [2.05, 4.69) is 10.0 Å². The van der Waals surface area contributed by atoms with Gasteiger partial charge in [-0.15, -0.1) is 0 Å². The second-order valence-corrected chi connectivity index (χ2v) is 7.81. The number of likely N-dealkylation sites (tertiary alicyclic amines) is 1. The van der Waals surface area contributed by atoms with Gasteiger partial charge in [0, 0.05) is 19.4 Å². The van der Waals surface area contributed by atoms with Gasteiger partial charge in [-0.1, -0.05) is 12.1 Å². The van der Waals surface area contributed by atoms with Crippen LogP contribution in [0, 0.1) is 0 Å². The van der Waals surface area contributed by atoms with Crippen LogP contribution in [-0.2, 0) is 19.6 Å². The molecule has 1 saturated heterocycles. The molecule has 8 nitrogen and oxygen atoms in total. The third-order valence-electron chi connectivity index (χ3n) is 4.57. The van der Waals surface area contributed by atoms with Crippen LogP contribution in [0.3, 0.4) is 0 Å². The van der Waals surface area contributed by atoms with E-state index in [0.717, 1.165) is 0 Å². The number of rotatable bonds is 2. The minimum atomic E-state index is -3.70. The van der Waals surface area contributed by atoms with E-state index in [9.17, 15) is 18.0 Å². The molecule has 3 N–H and O–H groups in total. The Hall–Kier alpha value is -2.13. The van der Waals surface area contributed by atoms with Crippen molar-refractivity contribution in [3.8, 4) is 0 Å². The van der Waals surface area contributed by atoms with Gasteiger partial charge in [0.2, 0.25) is 15.9 Å². The third-order valence-corrected chi connectivity index (χ3v) is 6.17. The maximum absolute atomic E-state index is 12.5. The fourth-order valence-corrected chi connectivity index (χ4v) is 4.74. The molecule has 130 valence electrons. The molecule has 2 heterocycles. The summed E-state index contributed by atoms with van der Waals surface area (Å²) in [7, 11) is -3.70. The molecule has 1 aromatic carbocycles. The number of hydrogen-bond acceptors (Lipinski definition) is 5. The molecule has 24 heavy (non-hydrogen) atoms. The highest BCUT2D eigenvalue weighted by Crippen LogP contribution is 2.35. The Bertz CT molecular complexity index is 794. The molecule has 0 aliphatic carbocycles. The summed E-state index contributed by atoms with van der Waals surface area (Å²) in [5, 5.41) is 12.3. The second-order valence-electron chi connectivity index (χ2n) is 6.16. The molecule has 2 aliphatic rings. The van der Waals surface area contributed by atoms with Gasteiger partial charge in [0.25, 0.3) is 0 Å². The molecule has 2 aliphatic heterocycles. The summed E-state index contributed by atoms with van der Waals surface area (Å²) in [5.74, 6) is -1.37. The first-order chi connectivity index (χ1) is 11.2. The standard InChI is InChI=1S/C15H19N3O5S/c1-10(14(20)21)18-9-8-15(7-6-13(18)19)16-11-4-2-3-5-12(11)24(22,23)17-15/h2-5,10,16-17H,6-9H2,1H3,(H,20,21)/t10-,15-/m0/s1. The number of carboxylic acids is 1. The van der Waals surface area contributed by atoms with Crippen molar-refractivity contribution in [2.75, 3.05) is 11.9 Å². The summed E-state index contributed by atoms with van der Waals surface area (Å²) in [6.07, 6.45) is 0.599. The zero-order valence-electron chi connectivity index (χ0n) is 13.2. The normalized spacial score (nSPS) is 27.0. The molecular formula is C15H19N3O5S. The number of carbonyl (C=O) groups is 2. The van der Waals surface area contributed by atoms with Gasteiger partial charge in [0.1, 0.15) is 16.6 Å². The molecule has 0 unspecified atom stereocenters. The van der Waals surface area contributed by atoms with Crippen molar-refractivity contribution in [3.05, 3.63) is 24.3 Å². The lowest BCUT2D eigenvalue weighted by atomic mass is 10.0. The summed E-state index contributed by atoms with van der Waals surface area (Å²) in [6, 6.07) is 5.63. The Balaban J connectivity index is 1.91. The zero-order chi connectivity index (χ0) is 17.5. The topological polar surface area (TPSA) is 116 Å². The van der Waals surface area contributed by atoms with Crippen LogP contribution in [0.25, 0.3) is 0 Å². The summed E-state index contributed by atoms with van der Waals surface area (Å²) in [4.78, 5) is 24.9. The predicted molar refractivity (Wildman–Crippen MR) is 85.8 cm³/mol. The number of carboxylic acid groups (broad SMARTS) is 1. The van der Waals surface area contributed by atoms with Gasteiger partial charge >= 0.3 is 5.97 Å². The molecule has 1 fully saturated rings. The maximum Gasteiger partial charge on any atom is 0.326 e. The first-order valence-corrected chi connectivity index (χ1v) is 9.16. The van der Waals surface area contributed by atoms with Gasteiger partial charge in [0.05, 0.1) is 5.69 Å². The van der Waals surface area contributed by atoms with E-state index in [1.165, 1.54) is 17.9 Å². The van der Waals surface area contributed by atoms with Crippen molar-refractivity contribution in [3.63, 3.8) is 0 Å². The Morgan fingerprint density at radius 3 is 2.75 bits per heavy atom. The van der Waals surface area contributed by atoms with Gasteiger partial charge in [-0.3, -0.25) is 4.79 Å². The average molecular weight is 353 g/mol. The van der Waals surface area contributed by atoms with Crippen LogP contribution in [0.4, 0.5) is 5.69 Å². The molecule has 0 radical (unpaired) electrons. The lowest BCUT2D eigenvalue weighted by Gasteiger charge is -2.39. The number of sulfonamides is 1. The number of hydrogen-bond donors (Lipinski definition) is 3. The molecule has 0 saturated carbocycles. The Labute approximate surface area is 139 Å². The van der Waals surface area contributed by atoms with E-state index in [1.807, 2.05) is 0 Å². The highest BCUT2D eigenvalue weighted by Gasteiger charge is 2.44. The maximum atomic E-state index is 12.5. The number of fused-ring (bicyclic) bond motifs is 1. The van der Waals surface area contributed by atoms with Crippen LogP contribution >= 0.6 is 0 Å². The third kappa shape index (κ3) is 2.84. The van der Waals surface area contributed by atoms with Crippen LogP contribution in [-0.4, -0.2) is 48.6 Å². The number of carbonyl (C=O) groups excluding carboxylic acids is 1. The molecule has 2 atom stereocenters. The number of para-hydroxylation sites is 1. The van der Waals surface area contributed by atoms with Crippen molar-refractivity contribution >= 4 is 27.6 Å². The molecular weight excluding hydrogens is 334 g/mol. The minimum Gasteiger partial charge on any atom is -0.480 e. The molecule has 0 bridgehead atoms. The van der Waals surface area contributed by atoms with Gasteiger partial charge in [-0.2, -0.15) is 4.72 Å². The largest absolute Gasteiger partial charge is 0.480 e. The summed E-state index contributed by atoms with van der Waals surface area (Å²) in [6.45, 7) is 1.61. The first kappa shape index (κ1) is 16.7. The molecule has 1 spiro atoms. The van der Waals surface area contributed by atoms with E-state index in [4.69, 9.17) is 5.11 Å². The Morgan fingerprint density at radius 2 is 2.04 bits per heavy atom. The van der Waals surface area contributed by atoms with Gasteiger partial charge in [-0.25, -0.2) is 13.2 Å². The smallest absolute Gasteiger partial charge is 0.326 e. The SMILES string of the molecule is C[C@@H](C(=O)O)N1CC[C@@]2(CCC1=O)Nc1ccccc1S(=O)(=O)N2. The Morgan fingerprint density at radius 1 is 1.33 bits per heavy atom. The van der Waals surface area contributed by atoms with Crippen molar-refractivity contribution in [1.29, 1.82) is 0 Å². The predicted octanol–water partition coefficient (Wildman–Crippen LogP) is 0.572. The molecule has 1 aromatic rings. The average Bonchev–Trinajstić information content (AvgIpc) is 2.66. The van der Waals surface area contributed by atoms with Crippen molar-refractivity contribution in [1.82, 2.24) is 9.62 Å². The number of aliphatic carboxylic acids is 1. The Kier molecular flexibility index (Phi) is 4.00. The van der Waals surface area contributed by atoms with Gasteiger partial charge in [0.15, 0.2) is 0 Å². The highest BCUT2D eigenvalue weighted by atomic mass is 32.2. The quantitative estimate of drug-likeness (QED) is 0.716. The highest BCUT2D eigenvalue weighted by molar-refractivity contribution is 7.89. The van der Waals surface area contributed by atoms with Crippen LogP contribution in [0.2, 0.25) is 0 Å². The van der Waals surface area contributed by atoms with Gasteiger partial charge < -0.3 is 15.3 Å². The minimum absolute atomic E-state index is 0.0648. The van der Waals surface area contributed by atoms with Crippen molar-refractivity contribution in [2.45, 2.75) is 42.8 Å². The van der Waals surface area contributed by atoms with E-state index in [-0.39, 0.29) is 36.6 Å². The number of anilines is 1. The van der Waals surface area contributed by atoms with E-state index in [0.29, 0.717) is 5.69 Å². The van der Waals surface area contributed by atoms with Crippen LogP contribution < -0.4 is 10.0 Å². The van der Waals surface area contributed by atoms with Crippen LogP contribution in [0.5, 0.6) is 0 Å². The summed E-state index contributed by atoms with van der Waals surface area (Å²) >= 11 is 0. The number of nitrogens with zero attached hydrogens (tertiary/aromatic N) is 1. The van der Waals surface area contributed by atoms with Gasteiger partial charge in [-0.05, 0) is 25.5 Å². The molecule has 3 rings (SSSR count). The zero-order valence-corrected chi connectivity index (χ0v) is 14.0. The second kappa shape index (κ2) is 5.75. The van der Waals surface area contributed by atoms with Crippen LogP contribution in [0.1, 0.15) is 26.2 Å².